The van der Waals surface area contributed by atoms with Crippen molar-refractivity contribution in [1.82, 2.24) is 15.5 Å². The Kier molecular flexibility index (Phi) is 6.97. The van der Waals surface area contributed by atoms with Crippen molar-refractivity contribution in [2.24, 2.45) is 0 Å². The number of methoxy groups -OCH3 is 2. The molecule has 1 heterocycles. The Morgan fingerprint density at radius 3 is 2.50 bits per heavy atom. The lowest BCUT2D eigenvalue weighted by Crippen LogP contribution is -2.26. The molecule has 0 saturated carbocycles. The van der Waals surface area contributed by atoms with E-state index in [0.717, 1.165) is 17.7 Å². The molecule has 128 valence electrons. The van der Waals surface area contributed by atoms with Gasteiger partial charge in [-0.3, -0.25) is 4.79 Å². The molecule has 0 atom stereocenters. The largest absolute Gasteiger partial charge is 0.497 e. The Labute approximate surface area is 141 Å². The van der Waals surface area contributed by atoms with Gasteiger partial charge in [-0.15, -0.1) is 10.2 Å². The van der Waals surface area contributed by atoms with E-state index < -0.39 is 0 Å². The van der Waals surface area contributed by atoms with Gasteiger partial charge >= 0.3 is 0 Å². The third-order valence-electron chi connectivity index (χ3n) is 3.34. The van der Waals surface area contributed by atoms with Gasteiger partial charge in [-0.2, -0.15) is 0 Å². The summed E-state index contributed by atoms with van der Waals surface area (Å²) in [6.07, 6.45) is 0.761. The van der Waals surface area contributed by atoms with Crippen LogP contribution in [-0.4, -0.2) is 43.5 Å². The zero-order valence-corrected chi connectivity index (χ0v) is 13.9. The van der Waals surface area contributed by atoms with Crippen molar-refractivity contribution in [2.45, 2.75) is 13.0 Å². The van der Waals surface area contributed by atoms with E-state index in [2.05, 4.69) is 20.8 Å². The van der Waals surface area contributed by atoms with E-state index in [1.165, 1.54) is 0 Å². The summed E-state index contributed by atoms with van der Waals surface area (Å²) < 4.78 is 10.0. The second kappa shape index (κ2) is 9.46. The zero-order valence-electron chi connectivity index (χ0n) is 13.9. The van der Waals surface area contributed by atoms with Gasteiger partial charge in [0.2, 0.25) is 0 Å². The molecule has 1 amide bonds. The first-order chi connectivity index (χ1) is 11.7. The highest BCUT2D eigenvalue weighted by Crippen LogP contribution is 2.12. The maximum Gasteiger partial charge on any atom is 0.271 e. The van der Waals surface area contributed by atoms with E-state index in [9.17, 15) is 4.79 Å². The number of benzene rings is 1. The van der Waals surface area contributed by atoms with Crippen molar-refractivity contribution in [2.75, 3.05) is 32.7 Å². The first-order valence-corrected chi connectivity index (χ1v) is 7.70. The molecule has 0 radical (unpaired) electrons. The quantitative estimate of drug-likeness (QED) is 0.683. The van der Waals surface area contributed by atoms with Crippen LogP contribution in [0.3, 0.4) is 0 Å². The van der Waals surface area contributed by atoms with Gasteiger partial charge in [-0.05, 0) is 36.2 Å². The maximum absolute atomic E-state index is 11.9. The number of nitrogens with one attached hydrogen (secondary N) is 2. The van der Waals surface area contributed by atoms with Gasteiger partial charge in [0.25, 0.3) is 5.91 Å². The van der Waals surface area contributed by atoms with E-state index in [1.54, 1.807) is 26.4 Å². The Morgan fingerprint density at radius 2 is 1.88 bits per heavy atom. The van der Waals surface area contributed by atoms with Gasteiger partial charge in [0.15, 0.2) is 5.69 Å². The van der Waals surface area contributed by atoms with Crippen molar-refractivity contribution in [1.29, 1.82) is 0 Å². The molecule has 2 rings (SSSR count). The van der Waals surface area contributed by atoms with Crippen molar-refractivity contribution in [3.8, 4) is 5.75 Å². The zero-order chi connectivity index (χ0) is 17.2. The lowest BCUT2D eigenvalue weighted by atomic mass is 10.2. The van der Waals surface area contributed by atoms with E-state index in [4.69, 9.17) is 9.47 Å². The third kappa shape index (κ3) is 5.51. The van der Waals surface area contributed by atoms with Crippen LogP contribution in [0.1, 0.15) is 22.5 Å². The summed E-state index contributed by atoms with van der Waals surface area (Å²) >= 11 is 0. The third-order valence-corrected chi connectivity index (χ3v) is 3.34. The molecule has 0 saturated heterocycles. The molecule has 1 aromatic carbocycles. The van der Waals surface area contributed by atoms with Crippen LogP contribution in [0.15, 0.2) is 36.4 Å². The summed E-state index contributed by atoms with van der Waals surface area (Å²) in [6.45, 7) is 1.77. The van der Waals surface area contributed by atoms with Gasteiger partial charge in [0, 0.05) is 26.8 Å². The van der Waals surface area contributed by atoms with E-state index >= 15 is 0 Å². The highest BCUT2D eigenvalue weighted by molar-refractivity contribution is 5.92. The number of rotatable bonds is 9. The topological polar surface area (TPSA) is 85.4 Å². The first-order valence-electron chi connectivity index (χ1n) is 7.70. The lowest BCUT2D eigenvalue weighted by Gasteiger charge is -2.07. The van der Waals surface area contributed by atoms with Crippen LogP contribution in [0.4, 0.5) is 5.82 Å². The molecule has 7 nitrogen and oxygen atoms in total. The molecule has 0 aliphatic carbocycles. The summed E-state index contributed by atoms with van der Waals surface area (Å²) in [5.41, 5.74) is 1.39. The number of anilines is 1. The fraction of sp³-hybridized carbons (Fsp3) is 0.353. The average molecular weight is 330 g/mol. The summed E-state index contributed by atoms with van der Waals surface area (Å²) in [4.78, 5) is 11.9. The normalized spacial score (nSPS) is 10.2. The standard InChI is InChI=1S/C17H22N4O3/c1-23-11-3-10-18-17(22)15-8-9-16(21-20-15)19-12-13-4-6-14(24-2)7-5-13/h4-9H,3,10-12H2,1-2H3,(H,18,22)(H,19,21). The van der Waals surface area contributed by atoms with Gasteiger partial charge < -0.3 is 20.1 Å². The van der Waals surface area contributed by atoms with Crippen LogP contribution in [0.2, 0.25) is 0 Å². The Hall–Kier alpha value is -2.67. The summed E-state index contributed by atoms with van der Waals surface area (Å²) in [6, 6.07) is 11.1. The monoisotopic (exact) mass is 330 g/mol. The minimum absolute atomic E-state index is 0.236. The first kappa shape index (κ1) is 17.7. The fourth-order valence-electron chi connectivity index (χ4n) is 1.99. The molecular weight excluding hydrogens is 308 g/mol. The Balaban J connectivity index is 1.81. The molecule has 0 unspecified atom stereocenters. The number of aromatic nitrogens is 2. The average Bonchev–Trinajstić information content (AvgIpc) is 2.64. The van der Waals surface area contributed by atoms with Crippen molar-refractivity contribution in [3.63, 3.8) is 0 Å². The molecule has 0 spiro atoms. The summed E-state index contributed by atoms with van der Waals surface area (Å²) in [5, 5.41) is 13.9. The predicted molar refractivity (Wildman–Crippen MR) is 91.2 cm³/mol. The van der Waals surface area contributed by atoms with Gasteiger partial charge in [0.1, 0.15) is 11.6 Å². The number of hydrogen-bond acceptors (Lipinski definition) is 6. The Bertz CT molecular complexity index is 629. The van der Waals surface area contributed by atoms with Gasteiger partial charge in [-0.25, -0.2) is 0 Å². The molecule has 0 bridgehead atoms. The van der Waals surface area contributed by atoms with Crippen molar-refractivity contribution < 1.29 is 14.3 Å². The van der Waals surface area contributed by atoms with Crippen LogP contribution in [0, 0.1) is 0 Å². The van der Waals surface area contributed by atoms with E-state index in [-0.39, 0.29) is 5.91 Å². The van der Waals surface area contributed by atoms with Gasteiger partial charge in [0.05, 0.1) is 7.11 Å². The molecule has 0 aliphatic heterocycles. The summed E-state index contributed by atoms with van der Waals surface area (Å²) in [5.74, 6) is 1.20. The highest BCUT2D eigenvalue weighted by atomic mass is 16.5. The minimum atomic E-state index is -0.236. The molecular formula is C17H22N4O3. The fourth-order valence-corrected chi connectivity index (χ4v) is 1.99. The molecule has 1 aromatic heterocycles. The van der Waals surface area contributed by atoms with Crippen LogP contribution in [0.5, 0.6) is 5.75 Å². The number of hydrogen-bond donors (Lipinski definition) is 2. The number of ether oxygens (including phenoxy) is 2. The van der Waals surface area contributed by atoms with Gasteiger partial charge in [-0.1, -0.05) is 12.1 Å². The van der Waals surface area contributed by atoms with Crippen LogP contribution < -0.4 is 15.4 Å². The molecule has 2 N–H and O–H groups in total. The molecule has 24 heavy (non-hydrogen) atoms. The van der Waals surface area contributed by atoms with Crippen molar-refractivity contribution in [3.05, 3.63) is 47.7 Å². The minimum Gasteiger partial charge on any atom is -0.497 e. The number of carbonyl (C=O) groups is 1. The van der Waals surface area contributed by atoms with Crippen LogP contribution >= 0.6 is 0 Å². The second-order valence-corrected chi connectivity index (χ2v) is 5.11. The number of nitrogens with zero attached hydrogens (tertiary/aromatic N) is 2. The SMILES string of the molecule is COCCCNC(=O)c1ccc(NCc2ccc(OC)cc2)nn1. The van der Waals surface area contributed by atoms with E-state index in [0.29, 0.717) is 31.2 Å². The number of carbonyl (C=O) groups excluding carboxylic acids is 1. The maximum atomic E-state index is 11.9. The predicted octanol–water partition coefficient (Wildman–Crippen LogP) is 1.86. The highest BCUT2D eigenvalue weighted by Gasteiger charge is 2.07. The summed E-state index contributed by atoms with van der Waals surface area (Å²) in [7, 11) is 3.27. The van der Waals surface area contributed by atoms with Crippen LogP contribution in [-0.2, 0) is 11.3 Å². The molecule has 7 heteroatoms. The van der Waals surface area contributed by atoms with E-state index in [1.807, 2.05) is 24.3 Å². The van der Waals surface area contributed by atoms with Crippen LogP contribution in [0.25, 0.3) is 0 Å². The lowest BCUT2D eigenvalue weighted by molar-refractivity contribution is 0.0942. The second-order valence-electron chi connectivity index (χ2n) is 5.11. The molecule has 0 aliphatic rings. The molecule has 2 aromatic rings. The number of amides is 1. The smallest absolute Gasteiger partial charge is 0.271 e. The molecule has 0 fully saturated rings. The Morgan fingerprint density at radius 1 is 1.08 bits per heavy atom. The van der Waals surface area contributed by atoms with Crippen molar-refractivity contribution >= 4 is 11.7 Å².